The first-order chi connectivity index (χ1) is 7.99. The Morgan fingerprint density at radius 1 is 1.41 bits per heavy atom. The molecule has 1 atom stereocenters. The number of ether oxygens (including phenoxy) is 1. The molecule has 94 valence electrons. The van der Waals surface area contributed by atoms with Gasteiger partial charge in [0, 0.05) is 38.4 Å². The number of carbonyl (C=O) groups is 3. The normalized spacial score (nSPS) is 28.5. The van der Waals surface area contributed by atoms with Crippen LogP contribution < -0.4 is 0 Å². The SMILES string of the molecule is CC1CC(=O)N(C2(C(=O)O)CCOCC2)C1=O. The predicted molar refractivity (Wildman–Crippen MR) is 56.1 cm³/mol. The molecule has 2 saturated heterocycles. The number of amides is 2. The topological polar surface area (TPSA) is 83.9 Å². The summed E-state index contributed by atoms with van der Waals surface area (Å²) in [4.78, 5) is 36.2. The van der Waals surface area contributed by atoms with Crippen LogP contribution in [0.3, 0.4) is 0 Å². The number of hydrogen-bond acceptors (Lipinski definition) is 4. The maximum atomic E-state index is 11.9. The first-order valence-corrected chi connectivity index (χ1v) is 5.67. The summed E-state index contributed by atoms with van der Waals surface area (Å²) in [6.45, 7) is 2.17. The van der Waals surface area contributed by atoms with E-state index in [1.54, 1.807) is 6.92 Å². The van der Waals surface area contributed by atoms with Gasteiger partial charge in [0.25, 0.3) is 0 Å². The van der Waals surface area contributed by atoms with Crippen molar-refractivity contribution in [3.8, 4) is 0 Å². The van der Waals surface area contributed by atoms with Gasteiger partial charge in [0.05, 0.1) is 0 Å². The highest BCUT2D eigenvalue weighted by molar-refractivity contribution is 6.07. The minimum Gasteiger partial charge on any atom is -0.479 e. The van der Waals surface area contributed by atoms with Gasteiger partial charge in [0.1, 0.15) is 0 Å². The molecular formula is C11H15NO5. The number of nitrogens with zero attached hydrogens (tertiary/aromatic N) is 1. The minimum absolute atomic E-state index is 0.106. The molecule has 2 fully saturated rings. The molecule has 17 heavy (non-hydrogen) atoms. The average Bonchev–Trinajstić information content (AvgIpc) is 2.54. The van der Waals surface area contributed by atoms with Crippen LogP contribution in [0, 0.1) is 5.92 Å². The van der Waals surface area contributed by atoms with E-state index in [9.17, 15) is 19.5 Å². The Balaban J connectivity index is 2.36. The van der Waals surface area contributed by atoms with Crippen LogP contribution in [0.4, 0.5) is 0 Å². The van der Waals surface area contributed by atoms with Crippen molar-refractivity contribution in [1.82, 2.24) is 4.90 Å². The second-order valence-corrected chi connectivity index (χ2v) is 4.62. The molecule has 0 aromatic rings. The summed E-state index contributed by atoms with van der Waals surface area (Å²) < 4.78 is 5.12. The summed E-state index contributed by atoms with van der Waals surface area (Å²) in [6, 6.07) is 0. The number of hydrogen-bond donors (Lipinski definition) is 1. The fourth-order valence-corrected chi connectivity index (χ4v) is 2.48. The molecule has 0 bridgehead atoms. The highest BCUT2D eigenvalue weighted by atomic mass is 16.5. The van der Waals surface area contributed by atoms with E-state index in [2.05, 4.69) is 0 Å². The zero-order chi connectivity index (χ0) is 12.6. The molecule has 2 heterocycles. The van der Waals surface area contributed by atoms with E-state index in [1.807, 2.05) is 0 Å². The number of rotatable bonds is 2. The van der Waals surface area contributed by atoms with Gasteiger partial charge in [-0.05, 0) is 0 Å². The van der Waals surface area contributed by atoms with Gasteiger partial charge in [0.15, 0.2) is 5.54 Å². The number of likely N-dealkylation sites (tertiary alicyclic amines) is 1. The molecule has 0 radical (unpaired) electrons. The quantitative estimate of drug-likeness (QED) is 0.689. The van der Waals surface area contributed by atoms with Crippen molar-refractivity contribution in [2.45, 2.75) is 31.7 Å². The van der Waals surface area contributed by atoms with Crippen LogP contribution in [-0.4, -0.2) is 46.5 Å². The average molecular weight is 241 g/mol. The number of carboxylic acid groups (broad SMARTS) is 1. The number of carboxylic acids is 1. The summed E-state index contributed by atoms with van der Waals surface area (Å²) in [5.41, 5.74) is -1.39. The first kappa shape index (κ1) is 12.0. The number of imide groups is 1. The largest absolute Gasteiger partial charge is 0.479 e. The van der Waals surface area contributed by atoms with Crippen molar-refractivity contribution in [3.63, 3.8) is 0 Å². The zero-order valence-electron chi connectivity index (χ0n) is 9.64. The van der Waals surface area contributed by atoms with E-state index < -0.39 is 17.4 Å². The van der Waals surface area contributed by atoms with E-state index in [-0.39, 0.29) is 44.3 Å². The lowest BCUT2D eigenvalue weighted by molar-refractivity contribution is -0.169. The van der Waals surface area contributed by atoms with Crippen LogP contribution in [0.5, 0.6) is 0 Å². The third-order valence-corrected chi connectivity index (χ3v) is 3.52. The van der Waals surface area contributed by atoms with Gasteiger partial charge >= 0.3 is 5.97 Å². The summed E-state index contributed by atoms with van der Waals surface area (Å²) in [6.07, 6.45) is 0.452. The number of aliphatic carboxylic acids is 1. The Bertz CT molecular complexity index is 372. The minimum atomic E-state index is -1.39. The lowest BCUT2D eigenvalue weighted by atomic mass is 9.88. The molecule has 0 aromatic carbocycles. The van der Waals surface area contributed by atoms with Gasteiger partial charge in [-0.2, -0.15) is 0 Å². The second kappa shape index (κ2) is 4.10. The maximum Gasteiger partial charge on any atom is 0.330 e. The molecule has 0 spiro atoms. The predicted octanol–water partition coefficient (Wildman–Crippen LogP) is 0.0152. The third kappa shape index (κ3) is 1.72. The van der Waals surface area contributed by atoms with E-state index in [0.29, 0.717) is 0 Å². The molecule has 2 aliphatic rings. The van der Waals surface area contributed by atoms with Gasteiger partial charge in [-0.15, -0.1) is 0 Å². The fraction of sp³-hybridized carbons (Fsp3) is 0.727. The highest BCUT2D eigenvalue weighted by Gasteiger charge is 2.54. The summed E-state index contributed by atoms with van der Waals surface area (Å²) in [5.74, 6) is -2.29. The maximum absolute atomic E-state index is 11.9. The van der Waals surface area contributed by atoms with Crippen molar-refractivity contribution in [2.24, 2.45) is 5.92 Å². The monoisotopic (exact) mass is 241 g/mol. The lowest BCUT2D eigenvalue weighted by Crippen LogP contribution is -2.59. The van der Waals surface area contributed by atoms with Crippen molar-refractivity contribution >= 4 is 17.8 Å². The summed E-state index contributed by atoms with van der Waals surface area (Å²) >= 11 is 0. The molecule has 0 saturated carbocycles. The van der Waals surface area contributed by atoms with Crippen LogP contribution in [0.25, 0.3) is 0 Å². The molecule has 0 aliphatic carbocycles. The zero-order valence-corrected chi connectivity index (χ0v) is 9.64. The lowest BCUT2D eigenvalue weighted by Gasteiger charge is -2.39. The number of carbonyl (C=O) groups excluding carboxylic acids is 2. The van der Waals surface area contributed by atoms with Crippen LogP contribution in [0.2, 0.25) is 0 Å². The third-order valence-electron chi connectivity index (χ3n) is 3.52. The molecule has 1 N–H and O–H groups in total. The fourth-order valence-electron chi connectivity index (χ4n) is 2.48. The van der Waals surface area contributed by atoms with Gasteiger partial charge in [0.2, 0.25) is 11.8 Å². The van der Waals surface area contributed by atoms with Crippen molar-refractivity contribution in [3.05, 3.63) is 0 Å². The Kier molecular flexibility index (Phi) is 2.91. The van der Waals surface area contributed by atoms with Gasteiger partial charge in [-0.25, -0.2) is 4.79 Å². The molecule has 1 unspecified atom stereocenters. The second-order valence-electron chi connectivity index (χ2n) is 4.62. The van der Waals surface area contributed by atoms with Crippen LogP contribution in [0.15, 0.2) is 0 Å². The van der Waals surface area contributed by atoms with Crippen LogP contribution in [-0.2, 0) is 19.1 Å². The van der Waals surface area contributed by atoms with E-state index >= 15 is 0 Å². The molecular weight excluding hydrogens is 226 g/mol. The molecule has 6 nitrogen and oxygen atoms in total. The molecule has 6 heteroatoms. The standard InChI is InChI=1S/C11H15NO5/c1-7-6-8(13)12(9(7)14)11(10(15)16)2-4-17-5-3-11/h7H,2-6H2,1H3,(H,15,16). The van der Waals surface area contributed by atoms with Crippen molar-refractivity contribution < 1.29 is 24.2 Å². The first-order valence-electron chi connectivity index (χ1n) is 5.67. The molecule has 2 aliphatic heterocycles. The smallest absolute Gasteiger partial charge is 0.330 e. The Labute approximate surface area is 98.5 Å². The van der Waals surface area contributed by atoms with Crippen molar-refractivity contribution in [1.29, 1.82) is 0 Å². The van der Waals surface area contributed by atoms with E-state index in [0.717, 1.165) is 4.90 Å². The summed E-state index contributed by atoms with van der Waals surface area (Å²) in [5, 5.41) is 9.37. The van der Waals surface area contributed by atoms with Crippen molar-refractivity contribution in [2.75, 3.05) is 13.2 Å². The van der Waals surface area contributed by atoms with Gasteiger partial charge < -0.3 is 9.84 Å². The molecule has 2 rings (SSSR count). The molecule has 2 amide bonds. The van der Waals surface area contributed by atoms with Crippen LogP contribution in [0.1, 0.15) is 26.2 Å². The van der Waals surface area contributed by atoms with Gasteiger partial charge in [-0.3, -0.25) is 14.5 Å². The summed E-state index contributed by atoms with van der Waals surface area (Å²) in [7, 11) is 0. The van der Waals surface area contributed by atoms with E-state index in [4.69, 9.17) is 4.74 Å². The Hall–Kier alpha value is -1.43. The van der Waals surface area contributed by atoms with Gasteiger partial charge in [-0.1, -0.05) is 6.92 Å². The Morgan fingerprint density at radius 3 is 2.41 bits per heavy atom. The highest BCUT2D eigenvalue weighted by Crippen LogP contribution is 2.34. The van der Waals surface area contributed by atoms with E-state index in [1.165, 1.54) is 0 Å². The molecule has 0 aromatic heterocycles. The Morgan fingerprint density at radius 2 is 2.00 bits per heavy atom. The van der Waals surface area contributed by atoms with Crippen LogP contribution >= 0.6 is 0 Å².